The van der Waals surface area contributed by atoms with E-state index in [1.807, 2.05) is 0 Å². The summed E-state index contributed by atoms with van der Waals surface area (Å²) in [6.45, 7) is 20.9. The Balaban J connectivity index is 1.76. The number of anilines is 2. The van der Waals surface area contributed by atoms with E-state index in [4.69, 9.17) is 0 Å². The van der Waals surface area contributed by atoms with E-state index in [-0.39, 0.29) is 11.0 Å². The summed E-state index contributed by atoms with van der Waals surface area (Å²) in [5, 5.41) is 0. The van der Waals surface area contributed by atoms with Crippen LogP contribution in [0, 0.1) is 13.8 Å². The predicted molar refractivity (Wildman–Crippen MR) is 161 cm³/mol. The van der Waals surface area contributed by atoms with Gasteiger partial charge in [0.25, 0.3) is 0 Å². The Morgan fingerprint density at radius 3 is 2.00 bits per heavy atom. The molecule has 0 amide bonds. The fourth-order valence-electron chi connectivity index (χ4n) is 6.19. The van der Waals surface area contributed by atoms with Gasteiger partial charge in [-0.05, 0) is 103 Å². The van der Waals surface area contributed by atoms with Crippen molar-refractivity contribution in [3.63, 3.8) is 0 Å². The third kappa shape index (κ3) is 4.19. The molecule has 4 aromatic rings. The van der Waals surface area contributed by atoms with Gasteiger partial charge in [-0.1, -0.05) is 94.4 Å². The summed E-state index contributed by atoms with van der Waals surface area (Å²) in [4.78, 5) is 2.56. The molecule has 0 atom stereocenters. The standard InChI is InChI=1S/C36H41N/c1-23(2)28-16-13-17-30-34(28)29-22-33(25(4)20-31(29)36(30,8)9)37(35(5,6)7)32-21-27(19-18-24(32)3)26-14-11-10-12-15-26/h10-23H,1-9H3. The van der Waals surface area contributed by atoms with Crippen LogP contribution in [0.5, 0.6) is 0 Å². The molecule has 4 aromatic carbocycles. The Kier molecular flexibility index (Phi) is 6.10. The summed E-state index contributed by atoms with van der Waals surface area (Å²) in [5.74, 6) is 0.477. The van der Waals surface area contributed by atoms with E-state index in [2.05, 4.69) is 146 Å². The molecule has 0 aliphatic heterocycles. The molecule has 0 spiro atoms. The number of hydrogen-bond acceptors (Lipinski definition) is 1. The Morgan fingerprint density at radius 1 is 0.676 bits per heavy atom. The van der Waals surface area contributed by atoms with Gasteiger partial charge in [-0.2, -0.15) is 0 Å². The van der Waals surface area contributed by atoms with Crippen molar-refractivity contribution in [1.29, 1.82) is 0 Å². The Hall–Kier alpha value is -3.32. The van der Waals surface area contributed by atoms with Crippen molar-refractivity contribution in [3.8, 4) is 22.3 Å². The van der Waals surface area contributed by atoms with Gasteiger partial charge in [0, 0.05) is 22.3 Å². The smallest absolute Gasteiger partial charge is 0.0451 e. The van der Waals surface area contributed by atoms with Crippen LogP contribution in [0.1, 0.15) is 82.2 Å². The van der Waals surface area contributed by atoms with Crippen LogP contribution in [0.15, 0.2) is 78.9 Å². The first-order valence-corrected chi connectivity index (χ1v) is 13.7. The summed E-state index contributed by atoms with van der Waals surface area (Å²) in [6, 6.07) is 29.5. The van der Waals surface area contributed by atoms with Gasteiger partial charge < -0.3 is 4.90 Å². The number of fused-ring (bicyclic) bond motifs is 3. The molecule has 0 fully saturated rings. The van der Waals surface area contributed by atoms with Crippen LogP contribution in [0.2, 0.25) is 0 Å². The largest absolute Gasteiger partial charge is 0.336 e. The van der Waals surface area contributed by atoms with Crippen LogP contribution in [0.25, 0.3) is 22.3 Å². The highest BCUT2D eigenvalue weighted by atomic mass is 15.2. The average molecular weight is 488 g/mol. The molecule has 1 nitrogen and oxygen atoms in total. The minimum Gasteiger partial charge on any atom is -0.336 e. The van der Waals surface area contributed by atoms with Crippen molar-refractivity contribution in [2.75, 3.05) is 4.90 Å². The third-order valence-corrected chi connectivity index (χ3v) is 8.14. The maximum absolute atomic E-state index is 2.56. The van der Waals surface area contributed by atoms with E-state index in [0.29, 0.717) is 5.92 Å². The van der Waals surface area contributed by atoms with Crippen molar-refractivity contribution in [3.05, 3.63) is 107 Å². The van der Waals surface area contributed by atoms with Gasteiger partial charge in [0.2, 0.25) is 0 Å². The van der Waals surface area contributed by atoms with E-state index in [0.717, 1.165) is 0 Å². The van der Waals surface area contributed by atoms with Crippen molar-refractivity contribution in [2.45, 2.75) is 79.2 Å². The zero-order valence-corrected chi connectivity index (χ0v) is 24.0. The van der Waals surface area contributed by atoms with Gasteiger partial charge in [-0.3, -0.25) is 0 Å². The minimum atomic E-state index is -0.104. The third-order valence-electron chi connectivity index (χ3n) is 8.14. The maximum Gasteiger partial charge on any atom is 0.0451 e. The van der Waals surface area contributed by atoms with Gasteiger partial charge in [0.1, 0.15) is 0 Å². The Labute approximate surface area is 224 Å². The molecule has 0 saturated heterocycles. The fourth-order valence-corrected chi connectivity index (χ4v) is 6.19. The number of rotatable bonds is 4. The molecule has 0 unspecified atom stereocenters. The predicted octanol–water partition coefficient (Wildman–Crippen LogP) is 10.3. The molecule has 0 N–H and O–H groups in total. The van der Waals surface area contributed by atoms with Gasteiger partial charge >= 0.3 is 0 Å². The molecule has 0 saturated carbocycles. The van der Waals surface area contributed by atoms with Crippen LogP contribution < -0.4 is 4.90 Å². The lowest BCUT2D eigenvalue weighted by Crippen LogP contribution is -2.38. The van der Waals surface area contributed by atoms with Gasteiger partial charge in [0.15, 0.2) is 0 Å². The molecule has 0 aromatic heterocycles. The average Bonchev–Trinajstić information content (AvgIpc) is 3.06. The number of aryl methyl sites for hydroxylation is 2. The molecule has 0 radical (unpaired) electrons. The first-order chi connectivity index (χ1) is 17.4. The maximum atomic E-state index is 2.56. The lowest BCUT2D eigenvalue weighted by atomic mass is 9.81. The second-order valence-corrected chi connectivity index (χ2v) is 12.6. The van der Waals surface area contributed by atoms with Crippen molar-refractivity contribution in [1.82, 2.24) is 0 Å². The molecule has 190 valence electrons. The second-order valence-electron chi connectivity index (χ2n) is 12.6. The first-order valence-electron chi connectivity index (χ1n) is 13.7. The molecule has 0 heterocycles. The lowest BCUT2D eigenvalue weighted by Gasteiger charge is -2.40. The number of hydrogen-bond donors (Lipinski definition) is 0. The minimum absolute atomic E-state index is 0.00540. The van der Waals surface area contributed by atoms with Crippen LogP contribution in [-0.4, -0.2) is 5.54 Å². The van der Waals surface area contributed by atoms with Gasteiger partial charge in [-0.25, -0.2) is 0 Å². The number of nitrogens with zero attached hydrogens (tertiary/aromatic N) is 1. The topological polar surface area (TPSA) is 3.24 Å². The van der Waals surface area contributed by atoms with Crippen LogP contribution in [0.3, 0.4) is 0 Å². The van der Waals surface area contributed by atoms with Crippen molar-refractivity contribution >= 4 is 11.4 Å². The summed E-state index contributed by atoms with van der Waals surface area (Å²) >= 11 is 0. The molecule has 0 bridgehead atoms. The molecular weight excluding hydrogens is 446 g/mol. The molecular formula is C36H41N. The Morgan fingerprint density at radius 2 is 1.35 bits per heavy atom. The van der Waals surface area contributed by atoms with Gasteiger partial charge in [-0.15, -0.1) is 0 Å². The molecule has 5 rings (SSSR count). The van der Waals surface area contributed by atoms with Crippen molar-refractivity contribution < 1.29 is 0 Å². The van der Waals surface area contributed by atoms with Gasteiger partial charge in [0.05, 0.1) is 0 Å². The lowest BCUT2D eigenvalue weighted by molar-refractivity contribution is 0.558. The molecule has 37 heavy (non-hydrogen) atoms. The van der Waals surface area contributed by atoms with Crippen LogP contribution >= 0.6 is 0 Å². The van der Waals surface area contributed by atoms with Crippen LogP contribution in [-0.2, 0) is 5.41 Å². The second kappa shape index (κ2) is 8.91. The Bertz CT molecular complexity index is 1470. The normalized spacial score (nSPS) is 14.0. The zero-order chi connectivity index (χ0) is 26.7. The fraction of sp³-hybridized carbons (Fsp3) is 0.333. The quantitative estimate of drug-likeness (QED) is 0.277. The summed E-state index contributed by atoms with van der Waals surface area (Å²) in [5.41, 5.74) is 14.8. The number of benzene rings is 4. The van der Waals surface area contributed by atoms with E-state index in [9.17, 15) is 0 Å². The highest BCUT2D eigenvalue weighted by molar-refractivity contribution is 5.88. The van der Waals surface area contributed by atoms with E-state index >= 15 is 0 Å². The zero-order valence-electron chi connectivity index (χ0n) is 24.0. The molecule has 1 aliphatic rings. The SMILES string of the molecule is Cc1ccc(-c2ccccc2)cc1N(c1cc2c(cc1C)C(C)(C)c1cccc(C(C)C)c1-2)C(C)(C)C. The highest BCUT2D eigenvalue weighted by Crippen LogP contribution is 2.53. The van der Waals surface area contributed by atoms with E-state index in [1.165, 1.54) is 61.4 Å². The molecule has 1 heteroatoms. The summed E-state index contributed by atoms with van der Waals surface area (Å²) < 4.78 is 0. The van der Waals surface area contributed by atoms with Crippen molar-refractivity contribution in [2.24, 2.45) is 0 Å². The summed E-state index contributed by atoms with van der Waals surface area (Å²) in [6.07, 6.45) is 0. The van der Waals surface area contributed by atoms with Crippen LogP contribution in [0.4, 0.5) is 11.4 Å². The van der Waals surface area contributed by atoms with E-state index < -0.39 is 0 Å². The first kappa shape index (κ1) is 25.3. The molecule has 1 aliphatic carbocycles. The van der Waals surface area contributed by atoms with E-state index in [1.54, 1.807) is 0 Å². The highest BCUT2D eigenvalue weighted by Gasteiger charge is 2.38. The summed E-state index contributed by atoms with van der Waals surface area (Å²) in [7, 11) is 0. The monoisotopic (exact) mass is 487 g/mol.